The Bertz CT molecular complexity index is 400. The monoisotopic (exact) mass is 261 g/mol. The Morgan fingerprint density at radius 1 is 1.75 bits per heavy atom. The molecule has 1 atom stereocenters. The highest BCUT2D eigenvalue weighted by Crippen LogP contribution is 2.30. The number of aliphatic hydroxyl groups excluding tert-OH is 1. The Balaban J connectivity index is 3.04. The second-order valence-corrected chi connectivity index (χ2v) is 4.88. The predicted molar refractivity (Wildman–Crippen MR) is 64.2 cm³/mol. The molecule has 0 bridgehead atoms. The molecule has 0 saturated heterocycles. The van der Waals surface area contributed by atoms with E-state index in [1.54, 1.807) is 6.07 Å². The number of nitrogens with two attached hydrogens (primary N) is 1. The number of hydrogen-bond donors (Lipinski definition) is 3. The molecule has 0 amide bonds. The number of oxime groups is 1. The third-order valence-electron chi connectivity index (χ3n) is 1.81. The highest BCUT2D eigenvalue weighted by atomic mass is 35.5. The summed E-state index contributed by atoms with van der Waals surface area (Å²) >= 11 is 7.37. The maximum Gasteiger partial charge on any atom is 0.171 e. The first-order valence-corrected chi connectivity index (χ1v) is 5.75. The zero-order valence-electron chi connectivity index (χ0n) is 8.59. The summed E-state index contributed by atoms with van der Waals surface area (Å²) < 4.78 is 0. The lowest BCUT2D eigenvalue weighted by Crippen LogP contribution is -2.14. The van der Waals surface area contributed by atoms with Gasteiger partial charge in [0.15, 0.2) is 5.84 Å². The third kappa shape index (κ3) is 3.01. The Kier molecular flexibility index (Phi) is 4.85. The molecule has 0 aromatic carbocycles. The Labute approximate surface area is 102 Å². The fraction of sp³-hybridized carbons (Fsp3) is 0.333. The smallest absolute Gasteiger partial charge is 0.171 e. The molecule has 88 valence electrons. The van der Waals surface area contributed by atoms with Crippen LogP contribution in [-0.4, -0.2) is 33.0 Å². The molecule has 0 aliphatic carbocycles. The summed E-state index contributed by atoms with van der Waals surface area (Å²) in [5, 5.41) is 21.2. The van der Waals surface area contributed by atoms with E-state index in [2.05, 4.69) is 10.1 Å². The number of hydrogen-bond acceptors (Lipinski definition) is 5. The van der Waals surface area contributed by atoms with Crippen LogP contribution in [0.3, 0.4) is 0 Å². The van der Waals surface area contributed by atoms with Crippen LogP contribution in [0.5, 0.6) is 0 Å². The number of aromatic nitrogens is 1. The van der Waals surface area contributed by atoms with Gasteiger partial charge in [-0.15, -0.1) is 0 Å². The lowest BCUT2D eigenvalue weighted by atomic mass is 10.2. The minimum atomic E-state index is -0.0640. The molecule has 4 N–H and O–H groups in total. The number of thioether (sulfide) groups is 1. The molecule has 16 heavy (non-hydrogen) atoms. The van der Waals surface area contributed by atoms with Gasteiger partial charge in [0.25, 0.3) is 0 Å². The SMILES string of the molecule is CC(CO)Sc1nccc(/C(N)=N/O)c1Cl. The third-order valence-corrected chi connectivity index (χ3v) is 3.39. The predicted octanol–water partition coefficient (Wildman–Crippen LogP) is 1.30. The molecule has 0 fully saturated rings. The quantitative estimate of drug-likeness (QED) is 0.250. The Hall–Kier alpha value is -0.980. The molecule has 1 rings (SSSR count). The molecule has 0 spiro atoms. The van der Waals surface area contributed by atoms with E-state index in [0.29, 0.717) is 15.6 Å². The summed E-state index contributed by atoms with van der Waals surface area (Å²) in [5.74, 6) is -0.0640. The summed E-state index contributed by atoms with van der Waals surface area (Å²) in [6.45, 7) is 1.87. The molecule has 1 heterocycles. The van der Waals surface area contributed by atoms with Crippen LogP contribution >= 0.6 is 23.4 Å². The number of aliphatic hydroxyl groups is 1. The fourth-order valence-electron chi connectivity index (χ4n) is 0.986. The summed E-state index contributed by atoms with van der Waals surface area (Å²) in [6, 6.07) is 1.56. The minimum Gasteiger partial charge on any atom is -0.409 e. The summed E-state index contributed by atoms with van der Waals surface area (Å²) in [6.07, 6.45) is 1.52. The van der Waals surface area contributed by atoms with Gasteiger partial charge in [-0.1, -0.05) is 35.4 Å². The average Bonchev–Trinajstić information content (AvgIpc) is 2.30. The maximum absolute atomic E-state index is 8.93. The summed E-state index contributed by atoms with van der Waals surface area (Å²) in [4.78, 5) is 4.07. The molecule has 0 aliphatic heterocycles. The zero-order chi connectivity index (χ0) is 12.1. The van der Waals surface area contributed by atoms with Crippen molar-refractivity contribution in [2.75, 3.05) is 6.61 Å². The number of rotatable bonds is 4. The van der Waals surface area contributed by atoms with Gasteiger partial charge in [-0.2, -0.15) is 0 Å². The van der Waals surface area contributed by atoms with E-state index in [-0.39, 0.29) is 17.7 Å². The van der Waals surface area contributed by atoms with Crippen molar-refractivity contribution >= 4 is 29.2 Å². The topological polar surface area (TPSA) is 91.7 Å². The minimum absolute atomic E-state index is 0.0208. The van der Waals surface area contributed by atoms with Gasteiger partial charge in [-0.25, -0.2) is 4.98 Å². The van der Waals surface area contributed by atoms with Crippen molar-refractivity contribution in [2.45, 2.75) is 17.2 Å². The lowest BCUT2D eigenvalue weighted by Gasteiger charge is -2.10. The molecule has 1 aromatic heterocycles. The van der Waals surface area contributed by atoms with E-state index in [1.807, 2.05) is 6.92 Å². The van der Waals surface area contributed by atoms with Crippen molar-refractivity contribution < 1.29 is 10.3 Å². The van der Waals surface area contributed by atoms with E-state index in [9.17, 15) is 0 Å². The fourth-order valence-corrected chi connectivity index (χ4v) is 2.12. The van der Waals surface area contributed by atoms with Crippen LogP contribution in [-0.2, 0) is 0 Å². The average molecular weight is 262 g/mol. The molecular weight excluding hydrogens is 250 g/mol. The highest BCUT2D eigenvalue weighted by molar-refractivity contribution is 8.00. The highest BCUT2D eigenvalue weighted by Gasteiger charge is 2.13. The first-order chi connectivity index (χ1) is 7.60. The van der Waals surface area contributed by atoms with Gasteiger partial charge >= 0.3 is 0 Å². The van der Waals surface area contributed by atoms with Crippen LogP contribution in [0.25, 0.3) is 0 Å². The number of nitrogens with zero attached hydrogens (tertiary/aromatic N) is 2. The Morgan fingerprint density at radius 3 is 3.00 bits per heavy atom. The molecule has 0 aliphatic rings. The van der Waals surface area contributed by atoms with Gasteiger partial charge in [0, 0.05) is 17.0 Å². The number of amidine groups is 1. The van der Waals surface area contributed by atoms with Crippen LogP contribution in [0.15, 0.2) is 22.4 Å². The standard InChI is InChI=1S/C9H12ClN3O2S/c1-5(4-14)16-9-7(10)6(2-3-12-9)8(11)13-15/h2-3,5,14-15H,4H2,1H3,(H2,11,13). The van der Waals surface area contributed by atoms with E-state index >= 15 is 0 Å². The first-order valence-electron chi connectivity index (χ1n) is 4.50. The van der Waals surface area contributed by atoms with E-state index < -0.39 is 0 Å². The molecule has 7 heteroatoms. The van der Waals surface area contributed by atoms with Crippen LogP contribution < -0.4 is 5.73 Å². The Morgan fingerprint density at radius 2 is 2.44 bits per heavy atom. The second-order valence-electron chi connectivity index (χ2n) is 3.07. The number of pyridine rings is 1. The molecule has 0 saturated carbocycles. The van der Waals surface area contributed by atoms with Crippen LogP contribution in [0.4, 0.5) is 0 Å². The second kappa shape index (κ2) is 5.93. The van der Waals surface area contributed by atoms with E-state index in [4.69, 9.17) is 27.6 Å². The lowest BCUT2D eigenvalue weighted by molar-refractivity contribution is 0.300. The van der Waals surface area contributed by atoms with Gasteiger partial charge in [0.2, 0.25) is 0 Å². The molecule has 0 radical (unpaired) electrons. The van der Waals surface area contributed by atoms with Crippen LogP contribution in [0, 0.1) is 0 Å². The van der Waals surface area contributed by atoms with E-state index in [1.165, 1.54) is 18.0 Å². The first kappa shape index (κ1) is 13.1. The zero-order valence-corrected chi connectivity index (χ0v) is 10.2. The molecule has 1 unspecified atom stereocenters. The van der Waals surface area contributed by atoms with Crippen molar-refractivity contribution in [3.05, 3.63) is 22.8 Å². The molecule has 5 nitrogen and oxygen atoms in total. The van der Waals surface area contributed by atoms with E-state index in [0.717, 1.165) is 0 Å². The maximum atomic E-state index is 8.93. The number of halogens is 1. The molecular formula is C9H12ClN3O2S. The van der Waals surface area contributed by atoms with Gasteiger partial charge in [0.05, 0.1) is 11.6 Å². The van der Waals surface area contributed by atoms with Gasteiger partial charge < -0.3 is 16.0 Å². The van der Waals surface area contributed by atoms with Crippen molar-refractivity contribution in [2.24, 2.45) is 10.9 Å². The van der Waals surface area contributed by atoms with Crippen molar-refractivity contribution in [3.63, 3.8) is 0 Å². The van der Waals surface area contributed by atoms with Gasteiger partial charge in [0.1, 0.15) is 5.03 Å². The summed E-state index contributed by atoms with van der Waals surface area (Å²) in [7, 11) is 0. The van der Waals surface area contributed by atoms with Gasteiger partial charge in [-0.05, 0) is 6.07 Å². The van der Waals surface area contributed by atoms with Crippen LogP contribution in [0.2, 0.25) is 5.02 Å². The largest absolute Gasteiger partial charge is 0.409 e. The van der Waals surface area contributed by atoms with Crippen LogP contribution in [0.1, 0.15) is 12.5 Å². The van der Waals surface area contributed by atoms with Crippen molar-refractivity contribution in [1.82, 2.24) is 4.98 Å². The normalized spacial score (nSPS) is 13.8. The van der Waals surface area contributed by atoms with Crippen molar-refractivity contribution in [3.8, 4) is 0 Å². The summed E-state index contributed by atoms with van der Waals surface area (Å²) in [5.41, 5.74) is 5.88. The van der Waals surface area contributed by atoms with Gasteiger partial charge in [-0.3, -0.25) is 0 Å². The van der Waals surface area contributed by atoms with Crippen molar-refractivity contribution in [1.29, 1.82) is 0 Å². The molecule has 1 aromatic rings.